The second kappa shape index (κ2) is 7.44. The average molecular weight is 256 g/mol. The first-order valence-electron chi connectivity index (χ1n) is 6.57. The summed E-state index contributed by atoms with van der Waals surface area (Å²) < 4.78 is 5.62. The van der Waals surface area contributed by atoms with Gasteiger partial charge in [0, 0.05) is 0 Å². The fourth-order valence-corrected chi connectivity index (χ4v) is 1.71. The van der Waals surface area contributed by atoms with E-state index in [1.54, 1.807) is 0 Å². The average Bonchev–Trinajstić information content (AvgIpc) is 2.40. The van der Waals surface area contributed by atoms with Crippen molar-refractivity contribution >= 4 is 0 Å². The van der Waals surface area contributed by atoms with Gasteiger partial charge in [-0.25, -0.2) is 0 Å². The minimum Gasteiger partial charge on any atom is -0.494 e. The molecule has 0 radical (unpaired) electrons. The molecule has 0 fully saturated rings. The molecule has 3 nitrogen and oxygen atoms in total. The van der Waals surface area contributed by atoms with Crippen LogP contribution >= 0.6 is 0 Å². The standard InChI is InChI=1S/C16H20N2O/c1-16(2,13-18)10-3-4-12-19-15-7-5-14(6-8-15)9-11-17/h5-8H,3-4,9-10,12H2,1-2H3. The molecule has 0 aromatic heterocycles. The summed E-state index contributed by atoms with van der Waals surface area (Å²) in [5.41, 5.74) is 0.768. The molecule has 0 amide bonds. The van der Waals surface area contributed by atoms with Gasteiger partial charge in [0.15, 0.2) is 0 Å². The summed E-state index contributed by atoms with van der Waals surface area (Å²) in [7, 11) is 0. The molecule has 19 heavy (non-hydrogen) atoms. The zero-order valence-corrected chi connectivity index (χ0v) is 11.6. The number of ether oxygens (including phenoxy) is 1. The number of benzene rings is 1. The lowest BCUT2D eigenvalue weighted by Gasteiger charge is -2.14. The van der Waals surface area contributed by atoms with E-state index in [0.29, 0.717) is 13.0 Å². The maximum absolute atomic E-state index is 8.89. The van der Waals surface area contributed by atoms with Crippen molar-refractivity contribution in [3.63, 3.8) is 0 Å². The van der Waals surface area contributed by atoms with E-state index in [-0.39, 0.29) is 5.41 Å². The van der Waals surface area contributed by atoms with Crippen LogP contribution in [0.15, 0.2) is 24.3 Å². The molecule has 0 unspecified atom stereocenters. The Morgan fingerprint density at radius 2 is 1.79 bits per heavy atom. The van der Waals surface area contributed by atoms with E-state index < -0.39 is 0 Å². The molecule has 3 heteroatoms. The van der Waals surface area contributed by atoms with Gasteiger partial charge in [0.05, 0.1) is 30.6 Å². The summed E-state index contributed by atoms with van der Waals surface area (Å²) in [6.07, 6.45) is 3.27. The van der Waals surface area contributed by atoms with Gasteiger partial charge in [0.2, 0.25) is 0 Å². The molecule has 0 aliphatic heterocycles. The molecule has 1 rings (SSSR count). The highest BCUT2D eigenvalue weighted by Crippen LogP contribution is 2.21. The van der Waals surface area contributed by atoms with Crippen LogP contribution < -0.4 is 4.74 Å². The Kier molecular flexibility index (Phi) is 5.90. The minimum atomic E-state index is -0.237. The van der Waals surface area contributed by atoms with Crippen LogP contribution in [0.5, 0.6) is 5.75 Å². The van der Waals surface area contributed by atoms with Crippen LogP contribution in [0.1, 0.15) is 38.7 Å². The van der Waals surface area contributed by atoms with E-state index in [1.165, 1.54) is 0 Å². The predicted molar refractivity (Wildman–Crippen MR) is 74.5 cm³/mol. The van der Waals surface area contributed by atoms with E-state index >= 15 is 0 Å². The summed E-state index contributed by atoms with van der Waals surface area (Å²) in [6, 6.07) is 12.0. The Bertz CT molecular complexity index is 463. The van der Waals surface area contributed by atoms with Gasteiger partial charge in [-0.05, 0) is 50.8 Å². The minimum absolute atomic E-state index is 0.237. The Balaban J connectivity index is 2.23. The SMILES string of the molecule is CC(C)(C#N)CCCCOc1ccc(CC#N)cc1. The highest BCUT2D eigenvalue weighted by atomic mass is 16.5. The fraction of sp³-hybridized carbons (Fsp3) is 0.500. The van der Waals surface area contributed by atoms with Crippen LogP contribution in [0.2, 0.25) is 0 Å². The van der Waals surface area contributed by atoms with E-state index in [9.17, 15) is 0 Å². The lowest BCUT2D eigenvalue weighted by Crippen LogP contribution is -2.08. The van der Waals surface area contributed by atoms with Gasteiger partial charge in [-0.2, -0.15) is 10.5 Å². The number of rotatable bonds is 7. The van der Waals surface area contributed by atoms with E-state index in [1.807, 2.05) is 38.1 Å². The Hall–Kier alpha value is -2.00. The highest BCUT2D eigenvalue weighted by molar-refractivity contribution is 5.28. The Morgan fingerprint density at radius 1 is 1.11 bits per heavy atom. The van der Waals surface area contributed by atoms with Crippen LogP contribution in [0.3, 0.4) is 0 Å². The van der Waals surface area contributed by atoms with Gasteiger partial charge in [-0.1, -0.05) is 12.1 Å². The third-order valence-electron chi connectivity index (χ3n) is 2.97. The quantitative estimate of drug-likeness (QED) is 0.696. The van der Waals surface area contributed by atoms with Crippen LogP contribution in [-0.2, 0) is 6.42 Å². The maximum Gasteiger partial charge on any atom is 0.119 e. The molecule has 0 heterocycles. The summed E-state index contributed by atoms with van der Waals surface area (Å²) in [6.45, 7) is 4.59. The molecule has 0 saturated heterocycles. The lowest BCUT2D eigenvalue weighted by atomic mass is 9.89. The Morgan fingerprint density at radius 3 is 2.37 bits per heavy atom. The van der Waals surface area contributed by atoms with Gasteiger partial charge < -0.3 is 4.74 Å². The molecular formula is C16H20N2O. The van der Waals surface area contributed by atoms with Crippen molar-refractivity contribution in [3.05, 3.63) is 29.8 Å². The summed E-state index contributed by atoms with van der Waals surface area (Å²) in [5, 5.41) is 17.5. The van der Waals surface area contributed by atoms with Crippen molar-refractivity contribution < 1.29 is 4.74 Å². The first-order valence-corrected chi connectivity index (χ1v) is 6.57. The number of nitrogens with zero attached hydrogens (tertiary/aromatic N) is 2. The predicted octanol–water partition coefficient (Wildman–Crippen LogP) is 3.85. The smallest absolute Gasteiger partial charge is 0.119 e. The second-order valence-corrected chi connectivity index (χ2v) is 5.28. The van der Waals surface area contributed by atoms with Crippen molar-refractivity contribution in [2.24, 2.45) is 5.41 Å². The normalized spacial score (nSPS) is 10.5. The number of unbranched alkanes of at least 4 members (excludes halogenated alkanes) is 1. The van der Waals surface area contributed by atoms with Crippen LogP contribution in [0.4, 0.5) is 0 Å². The maximum atomic E-state index is 8.89. The van der Waals surface area contributed by atoms with Crippen molar-refractivity contribution in [2.45, 2.75) is 39.5 Å². The Labute approximate surface area is 115 Å². The molecule has 0 saturated carbocycles. The molecule has 0 bridgehead atoms. The zero-order valence-electron chi connectivity index (χ0n) is 11.6. The molecular weight excluding hydrogens is 236 g/mol. The summed E-state index contributed by atoms with van der Waals surface area (Å²) in [4.78, 5) is 0. The monoisotopic (exact) mass is 256 g/mol. The number of hydrogen-bond donors (Lipinski definition) is 0. The summed E-state index contributed by atoms with van der Waals surface area (Å²) in [5.74, 6) is 0.834. The molecule has 0 aliphatic carbocycles. The number of nitriles is 2. The van der Waals surface area contributed by atoms with Crippen molar-refractivity contribution in [1.82, 2.24) is 0 Å². The highest BCUT2D eigenvalue weighted by Gasteiger charge is 2.15. The van der Waals surface area contributed by atoms with Crippen LogP contribution in [0, 0.1) is 28.1 Å². The van der Waals surface area contributed by atoms with E-state index in [4.69, 9.17) is 15.3 Å². The summed E-state index contributed by atoms with van der Waals surface area (Å²) >= 11 is 0. The largest absolute Gasteiger partial charge is 0.494 e. The van der Waals surface area contributed by atoms with Crippen molar-refractivity contribution in [1.29, 1.82) is 10.5 Å². The topological polar surface area (TPSA) is 56.8 Å². The van der Waals surface area contributed by atoms with Crippen molar-refractivity contribution in [3.8, 4) is 17.9 Å². The van der Waals surface area contributed by atoms with Gasteiger partial charge in [-0.15, -0.1) is 0 Å². The van der Waals surface area contributed by atoms with E-state index in [2.05, 4.69) is 12.1 Å². The van der Waals surface area contributed by atoms with Crippen LogP contribution in [-0.4, -0.2) is 6.61 Å². The first kappa shape index (κ1) is 15.1. The van der Waals surface area contributed by atoms with Gasteiger partial charge in [0.1, 0.15) is 5.75 Å². The van der Waals surface area contributed by atoms with Crippen molar-refractivity contribution in [2.75, 3.05) is 6.61 Å². The molecule has 1 aromatic carbocycles. The second-order valence-electron chi connectivity index (χ2n) is 5.28. The van der Waals surface area contributed by atoms with Gasteiger partial charge in [0.25, 0.3) is 0 Å². The molecule has 0 atom stereocenters. The van der Waals surface area contributed by atoms with Gasteiger partial charge >= 0.3 is 0 Å². The lowest BCUT2D eigenvalue weighted by molar-refractivity contribution is 0.295. The molecule has 0 spiro atoms. The molecule has 100 valence electrons. The molecule has 0 N–H and O–H groups in total. The fourth-order valence-electron chi connectivity index (χ4n) is 1.71. The van der Waals surface area contributed by atoms with Crippen LogP contribution in [0.25, 0.3) is 0 Å². The van der Waals surface area contributed by atoms with Gasteiger partial charge in [-0.3, -0.25) is 0 Å². The third-order valence-corrected chi connectivity index (χ3v) is 2.97. The van der Waals surface area contributed by atoms with E-state index in [0.717, 1.165) is 30.6 Å². The molecule has 1 aromatic rings. The first-order chi connectivity index (χ1) is 9.07. The third kappa shape index (κ3) is 5.93. The number of hydrogen-bond acceptors (Lipinski definition) is 3. The molecule has 0 aliphatic rings. The zero-order chi connectivity index (χ0) is 14.1.